The molecule has 0 unspecified atom stereocenters. The molecule has 0 aliphatic rings. The van der Waals surface area contributed by atoms with Crippen molar-refractivity contribution >= 4 is 15.9 Å². The van der Waals surface area contributed by atoms with Gasteiger partial charge in [-0.3, -0.25) is 4.79 Å². The molecule has 2 aromatic rings. The van der Waals surface area contributed by atoms with Gasteiger partial charge in [-0.2, -0.15) is 8.42 Å². The van der Waals surface area contributed by atoms with E-state index in [2.05, 4.69) is 19.9 Å². The van der Waals surface area contributed by atoms with Gasteiger partial charge in [0.05, 0.1) is 0 Å². The van der Waals surface area contributed by atoms with Crippen LogP contribution >= 0.6 is 0 Å². The molecule has 0 aliphatic heterocycles. The summed E-state index contributed by atoms with van der Waals surface area (Å²) < 4.78 is 36.3. The van der Waals surface area contributed by atoms with E-state index < -0.39 is 21.7 Å². The first-order valence-corrected chi connectivity index (χ1v) is 11.7. The normalized spacial score (nSPS) is 11.7. The molecule has 0 aliphatic carbocycles. The fraction of sp³-hybridized carbons (Fsp3) is 0.320. The lowest BCUT2D eigenvalue weighted by atomic mass is 10.1. The molecule has 0 spiro atoms. The highest BCUT2D eigenvalue weighted by atomic mass is 32.2. The van der Waals surface area contributed by atoms with E-state index in [-0.39, 0.29) is 28.6 Å². The number of ketones is 1. The van der Waals surface area contributed by atoms with Crippen molar-refractivity contribution < 1.29 is 27.2 Å². The molecule has 172 valence electrons. The number of aryl methyl sites for hydroxylation is 1. The number of phenols is 1. The van der Waals surface area contributed by atoms with Crippen molar-refractivity contribution in [2.75, 3.05) is 6.61 Å². The first-order chi connectivity index (χ1) is 15.0. The van der Waals surface area contributed by atoms with Crippen LogP contribution in [0.5, 0.6) is 17.2 Å². The van der Waals surface area contributed by atoms with Crippen molar-refractivity contribution in [3.63, 3.8) is 0 Å². The molecule has 0 aromatic heterocycles. The van der Waals surface area contributed by atoms with Crippen LogP contribution in [0, 0.1) is 6.92 Å². The van der Waals surface area contributed by atoms with Crippen LogP contribution in [0.1, 0.15) is 56.5 Å². The van der Waals surface area contributed by atoms with Crippen molar-refractivity contribution in [2.45, 2.75) is 52.4 Å². The first-order valence-electron chi connectivity index (χ1n) is 10.3. The van der Waals surface area contributed by atoms with E-state index in [0.29, 0.717) is 0 Å². The SMILES string of the molecule is CC(=O)c1c(O)cc(OC/C=C(\C)CCC=C(C)C)cc1OS(=O)(=O)c1ccc(C)cc1. The van der Waals surface area contributed by atoms with Crippen molar-refractivity contribution in [3.05, 3.63) is 70.8 Å². The molecule has 32 heavy (non-hydrogen) atoms. The summed E-state index contributed by atoms with van der Waals surface area (Å²) in [5.41, 5.74) is 3.08. The number of Topliss-reactive ketones (excluding diaryl/α,β-unsaturated/α-hetero) is 1. The number of aromatic hydroxyl groups is 1. The Kier molecular flexibility index (Phi) is 8.66. The van der Waals surface area contributed by atoms with Crippen LogP contribution in [-0.2, 0) is 10.1 Å². The third kappa shape index (κ3) is 7.27. The summed E-state index contributed by atoms with van der Waals surface area (Å²) in [4.78, 5) is 12.0. The summed E-state index contributed by atoms with van der Waals surface area (Å²) in [7, 11) is -4.21. The van der Waals surface area contributed by atoms with Gasteiger partial charge in [-0.25, -0.2) is 0 Å². The van der Waals surface area contributed by atoms with Crippen LogP contribution in [0.15, 0.2) is 64.6 Å². The van der Waals surface area contributed by atoms with Crippen LogP contribution in [0.2, 0.25) is 0 Å². The van der Waals surface area contributed by atoms with Crippen molar-refractivity contribution in [3.8, 4) is 17.2 Å². The van der Waals surface area contributed by atoms with Gasteiger partial charge in [-0.1, -0.05) is 34.9 Å². The predicted octanol–water partition coefficient (Wildman–Crippen LogP) is 5.74. The maximum absolute atomic E-state index is 12.7. The zero-order valence-corrected chi connectivity index (χ0v) is 20.0. The molecule has 0 fully saturated rings. The van der Waals surface area contributed by atoms with E-state index in [0.717, 1.165) is 24.0 Å². The fourth-order valence-corrected chi connectivity index (χ4v) is 3.85. The highest BCUT2D eigenvalue weighted by Crippen LogP contribution is 2.35. The summed E-state index contributed by atoms with van der Waals surface area (Å²) in [6, 6.07) is 8.70. The van der Waals surface area contributed by atoms with Gasteiger partial charge in [-0.05, 0) is 65.7 Å². The summed E-state index contributed by atoms with van der Waals surface area (Å²) in [5, 5.41) is 10.3. The molecule has 0 heterocycles. The molecular formula is C25H30O6S. The average molecular weight is 459 g/mol. The third-order valence-electron chi connectivity index (χ3n) is 4.69. The zero-order chi connectivity index (χ0) is 23.9. The number of benzene rings is 2. The largest absolute Gasteiger partial charge is 0.507 e. The Morgan fingerprint density at radius 2 is 1.69 bits per heavy atom. The summed E-state index contributed by atoms with van der Waals surface area (Å²) >= 11 is 0. The zero-order valence-electron chi connectivity index (χ0n) is 19.1. The van der Waals surface area contributed by atoms with Crippen LogP contribution in [0.25, 0.3) is 0 Å². The van der Waals surface area contributed by atoms with E-state index in [9.17, 15) is 18.3 Å². The number of carbonyl (C=O) groups excluding carboxylic acids is 1. The molecule has 0 saturated carbocycles. The number of rotatable bonds is 10. The Hall–Kier alpha value is -3.06. The third-order valence-corrected chi connectivity index (χ3v) is 5.94. The van der Waals surface area contributed by atoms with E-state index in [1.54, 1.807) is 12.1 Å². The van der Waals surface area contributed by atoms with Crippen LogP contribution in [0.3, 0.4) is 0 Å². The molecular weight excluding hydrogens is 428 g/mol. The van der Waals surface area contributed by atoms with E-state index >= 15 is 0 Å². The van der Waals surface area contributed by atoms with Gasteiger partial charge >= 0.3 is 10.1 Å². The molecule has 2 aromatic carbocycles. The number of ether oxygens (including phenoxy) is 1. The second-order valence-corrected chi connectivity index (χ2v) is 9.45. The van der Waals surface area contributed by atoms with Gasteiger partial charge in [0.15, 0.2) is 11.5 Å². The Labute approximate surface area is 190 Å². The van der Waals surface area contributed by atoms with Gasteiger partial charge in [0, 0.05) is 12.1 Å². The maximum atomic E-state index is 12.7. The minimum atomic E-state index is -4.21. The first kappa shape index (κ1) is 25.2. The smallest absolute Gasteiger partial charge is 0.339 e. The Morgan fingerprint density at radius 3 is 2.28 bits per heavy atom. The molecule has 0 bridgehead atoms. The summed E-state index contributed by atoms with van der Waals surface area (Å²) in [6.45, 7) is 9.39. The van der Waals surface area contributed by atoms with Gasteiger partial charge in [-0.15, -0.1) is 0 Å². The van der Waals surface area contributed by atoms with Gasteiger partial charge < -0.3 is 14.0 Å². The van der Waals surface area contributed by atoms with E-state index in [4.69, 9.17) is 8.92 Å². The van der Waals surface area contributed by atoms with Crippen LogP contribution in [0.4, 0.5) is 0 Å². The second kappa shape index (κ2) is 11.0. The molecule has 0 radical (unpaired) electrons. The Bertz CT molecular complexity index is 1120. The molecule has 2 rings (SSSR count). The van der Waals surface area contributed by atoms with Crippen LogP contribution in [-0.4, -0.2) is 25.9 Å². The standard InChI is InChI=1S/C25H30O6S/c1-17(2)7-6-8-18(3)13-14-30-21-15-23(27)25(20(5)26)24(16-21)31-32(28,29)22-11-9-19(4)10-12-22/h7,9-13,15-16,27H,6,8,14H2,1-5H3/b18-13+. The minimum Gasteiger partial charge on any atom is -0.507 e. The van der Waals surface area contributed by atoms with Crippen molar-refractivity contribution in [2.24, 2.45) is 0 Å². The van der Waals surface area contributed by atoms with Crippen molar-refractivity contribution in [1.82, 2.24) is 0 Å². The average Bonchev–Trinajstić information content (AvgIpc) is 2.67. The topological polar surface area (TPSA) is 89.9 Å². The highest BCUT2D eigenvalue weighted by Gasteiger charge is 2.23. The van der Waals surface area contributed by atoms with Gasteiger partial charge in [0.1, 0.15) is 28.6 Å². The Balaban J connectivity index is 2.24. The molecule has 0 atom stereocenters. The summed E-state index contributed by atoms with van der Waals surface area (Å²) in [6.07, 6.45) is 5.91. The lowest BCUT2D eigenvalue weighted by Crippen LogP contribution is -2.12. The second-order valence-electron chi connectivity index (χ2n) is 7.90. The molecule has 0 amide bonds. The number of phenolic OH excluding ortho intramolecular Hbond substituents is 1. The van der Waals surface area contributed by atoms with Gasteiger partial charge in [0.2, 0.25) is 0 Å². The molecule has 6 nitrogen and oxygen atoms in total. The highest BCUT2D eigenvalue weighted by molar-refractivity contribution is 7.87. The molecule has 7 heteroatoms. The lowest BCUT2D eigenvalue weighted by molar-refractivity contribution is 0.101. The van der Waals surface area contributed by atoms with Gasteiger partial charge in [0.25, 0.3) is 0 Å². The number of allylic oxidation sites excluding steroid dienone is 3. The fourth-order valence-electron chi connectivity index (χ4n) is 2.92. The monoisotopic (exact) mass is 458 g/mol. The number of carbonyl (C=O) groups is 1. The van der Waals surface area contributed by atoms with E-state index in [1.807, 2.05) is 19.9 Å². The number of hydrogen-bond acceptors (Lipinski definition) is 6. The quantitative estimate of drug-likeness (QED) is 0.277. The minimum absolute atomic E-state index is 0.0571. The molecule has 1 N–H and O–H groups in total. The van der Waals surface area contributed by atoms with Crippen LogP contribution < -0.4 is 8.92 Å². The van der Waals surface area contributed by atoms with Crippen molar-refractivity contribution in [1.29, 1.82) is 0 Å². The summed E-state index contributed by atoms with van der Waals surface area (Å²) in [5.74, 6) is -1.03. The lowest BCUT2D eigenvalue weighted by Gasteiger charge is -2.14. The predicted molar refractivity (Wildman–Crippen MR) is 125 cm³/mol. The maximum Gasteiger partial charge on any atom is 0.339 e. The number of hydrogen-bond donors (Lipinski definition) is 1. The van der Waals surface area contributed by atoms with E-state index in [1.165, 1.54) is 36.8 Å². The Morgan fingerprint density at radius 1 is 1.03 bits per heavy atom. The molecule has 0 saturated heterocycles.